The molecule has 11 heteroatoms. The highest BCUT2D eigenvalue weighted by atomic mass is 35.5. The fraction of sp³-hybridized carbons (Fsp3) is 0.195. The molecule has 1 atom stereocenters. The number of amides is 3. The maximum absolute atomic E-state index is 15.0. The number of carboxylic acid groups (broad SMARTS) is 1. The molecule has 10 nitrogen and oxygen atoms in total. The second kappa shape index (κ2) is 13.0. The van der Waals surface area contributed by atoms with E-state index in [9.17, 15) is 19.8 Å². The van der Waals surface area contributed by atoms with Gasteiger partial charge >= 0.3 is 6.09 Å². The number of fused-ring (bicyclic) bond motifs is 3. The Labute approximate surface area is 305 Å². The van der Waals surface area contributed by atoms with Crippen molar-refractivity contribution in [2.75, 3.05) is 11.4 Å². The van der Waals surface area contributed by atoms with Crippen LogP contribution in [0.5, 0.6) is 5.75 Å². The molecule has 2 aliphatic heterocycles. The van der Waals surface area contributed by atoms with E-state index in [0.29, 0.717) is 51.0 Å². The summed E-state index contributed by atoms with van der Waals surface area (Å²) in [5, 5.41) is 21.5. The summed E-state index contributed by atoms with van der Waals surface area (Å²) >= 11 is 6.63. The summed E-state index contributed by atoms with van der Waals surface area (Å²) in [5.41, 5.74) is 6.85. The molecule has 3 amide bonds. The molecule has 2 aliphatic rings. The zero-order valence-electron chi connectivity index (χ0n) is 28.7. The third-order valence-electron chi connectivity index (χ3n) is 10.3. The number of aromatic nitrogens is 2. The van der Waals surface area contributed by atoms with Gasteiger partial charge in [-0.3, -0.25) is 14.5 Å². The zero-order chi connectivity index (χ0) is 36.3. The predicted octanol–water partition coefficient (Wildman–Crippen LogP) is 8.06. The molecule has 4 aromatic carbocycles. The molecule has 262 valence electrons. The quantitative estimate of drug-likeness (QED) is 0.188. The average molecular weight is 714 g/mol. The lowest BCUT2D eigenvalue weighted by atomic mass is 9.93. The molecule has 0 aliphatic carbocycles. The van der Waals surface area contributed by atoms with Crippen molar-refractivity contribution in [1.82, 2.24) is 18.9 Å². The first-order valence-electron chi connectivity index (χ1n) is 17.1. The summed E-state index contributed by atoms with van der Waals surface area (Å²) in [4.78, 5) is 46.5. The molecule has 0 saturated heterocycles. The van der Waals surface area contributed by atoms with Crippen molar-refractivity contribution >= 4 is 51.8 Å². The maximum Gasteiger partial charge on any atom is 0.407 e. The highest BCUT2D eigenvalue weighted by Gasteiger charge is 2.34. The molecule has 6 aromatic rings. The van der Waals surface area contributed by atoms with Gasteiger partial charge in [-0.05, 0) is 97.3 Å². The summed E-state index contributed by atoms with van der Waals surface area (Å²) in [6, 6.07) is 29.1. The van der Waals surface area contributed by atoms with Gasteiger partial charge in [0.15, 0.2) is 0 Å². The van der Waals surface area contributed by atoms with Crippen LogP contribution in [0.2, 0.25) is 5.02 Å². The van der Waals surface area contributed by atoms with E-state index in [1.165, 1.54) is 22.6 Å². The Morgan fingerprint density at radius 2 is 1.58 bits per heavy atom. The Hall–Kier alpha value is -6.00. The van der Waals surface area contributed by atoms with Crippen molar-refractivity contribution < 1.29 is 24.6 Å². The summed E-state index contributed by atoms with van der Waals surface area (Å²) in [7, 11) is 1.95. The molecule has 8 rings (SSSR count). The van der Waals surface area contributed by atoms with Crippen molar-refractivity contribution in [2.24, 2.45) is 7.05 Å². The van der Waals surface area contributed by atoms with Crippen LogP contribution in [-0.2, 0) is 33.1 Å². The van der Waals surface area contributed by atoms with Crippen molar-refractivity contribution in [3.8, 4) is 17.0 Å². The number of aryl methyl sites for hydroxylation is 1. The van der Waals surface area contributed by atoms with Crippen molar-refractivity contribution in [1.29, 1.82) is 0 Å². The lowest BCUT2D eigenvalue weighted by Crippen LogP contribution is -2.42. The fourth-order valence-electron chi connectivity index (χ4n) is 7.60. The number of phenols is 1. The zero-order valence-corrected chi connectivity index (χ0v) is 29.4. The van der Waals surface area contributed by atoms with Gasteiger partial charge in [-0.15, -0.1) is 0 Å². The van der Waals surface area contributed by atoms with E-state index in [1.807, 2.05) is 70.6 Å². The fourth-order valence-corrected chi connectivity index (χ4v) is 7.77. The van der Waals surface area contributed by atoms with Crippen LogP contribution in [0.1, 0.15) is 44.5 Å². The van der Waals surface area contributed by atoms with Gasteiger partial charge in [0.1, 0.15) is 5.75 Å². The summed E-state index contributed by atoms with van der Waals surface area (Å²) in [6.07, 6.45) is 1.60. The topological polar surface area (TPSA) is 111 Å². The van der Waals surface area contributed by atoms with E-state index >= 15 is 4.79 Å². The summed E-state index contributed by atoms with van der Waals surface area (Å²) < 4.78 is 3.94. The van der Waals surface area contributed by atoms with E-state index < -0.39 is 6.09 Å². The number of nitrogens with zero attached hydrogens (tertiary/aromatic N) is 5. The SMILES string of the molecule is C[C@@H]1Cc2ccccc2CN1C(=O)c1ccc(Cl)cc1-c1cc(C(=O)N(c2ccc(O)cc2)c2ccc3c(ccn3C)c2)c2n1CCN(C(=O)O)C2. The van der Waals surface area contributed by atoms with E-state index in [-0.39, 0.29) is 43.2 Å². The van der Waals surface area contributed by atoms with Crippen molar-refractivity contribution in [3.63, 3.8) is 0 Å². The van der Waals surface area contributed by atoms with E-state index in [1.54, 1.807) is 41.3 Å². The van der Waals surface area contributed by atoms with E-state index in [0.717, 1.165) is 22.9 Å². The van der Waals surface area contributed by atoms with E-state index in [4.69, 9.17) is 11.6 Å². The normalized spacial score (nSPS) is 15.3. The van der Waals surface area contributed by atoms with Gasteiger partial charge in [0, 0.05) is 77.3 Å². The highest BCUT2D eigenvalue weighted by Crippen LogP contribution is 2.38. The van der Waals surface area contributed by atoms with Crippen LogP contribution in [0.15, 0.2) is 103 Å². The first-order valence-corrected chi connectivity index (χ1v) is 17.5. The average Bonchev–Trinajstić information content (AvgIpc) is 3.71. The molecule has 0 bridgehead atoms. The minimum atomic E-state index is -1.09. The van der Waals surface area contributed by atoms with Crippen LogP contribution in [-0.4, -0.2) is 59.6 Å². The second-order valence-electron chi connectivity index (χ2n) is 13.5. The Morgan fingerprint density at radius 1 is 0.827 bits per heavy atom. The number of aromatic hydroxyl groups is 1. The van der Waals surface area contributed by atoms with Crippen molar-refractivity contribution in [3.05, 3.63) is 136 Å². The third kappa shape index (κ3) is 5.75. The number of hydrogen-bond donors (Lipinski definition) is 2. The molecule has 0 spiro atoms. The molecule has 2 aromatic heterocycles. The van der Waals surface area contributed by atoms with Gasteiger partial charge in [0.25, 0.3) is 11.8 Å². The number of carbonyl (C=O) groups is 3. The largest absolute Gasteiger partial charge is 0.508 e. The van der Waals surface area contributed by atoms with Gasteiger partial charge in [-0.25, -0.2) is 4.79 Å². The predicted molar refractivity (Wildman–Crippen MR) is 200 cm³/mol. The minimum absolute atomic E-state index is 0.0265. The van der Waals surface area contributed by atoms with Gasteiger partial charge < -0.3 is 29.1 Å². The number of halogens is 1. The lowest BCUT2D eigenvalue weighted by molar-refractivity contribution is 0.0659. The number of hydrogen-bond acceptors (Lipinski definition) is 4. The molecule has 2 N–H and O–H groups in total. The number of rotatable bonds is 5. The molecule has 0 unspecified atom stereocenters. The standard InChI is InChI=1S/C41H36ClN5O5/c1-25-19-26-5-3-4-6-28(26)23-46(25)39(49)33-13-7-29(42)21-34(33)37-22-35(38-24-44(41(51)52)17-18-45(37)38)40(50)47(30-8-11-32(48)12-9-30)31-10-14-36-27(20-31)15-16-43(36)2/h3-16,20-22,25,48H,17-19,23-24H2,1-2H3,(H,51,52)/t25-/m1/s1. The monoisotopic (exact) mass is 713 g/mol. The Kier molecular flexibility index (Phi) is 8.26. The van der Waals surface area contributed by atoms with Crippen LogP contribution in [0, 0.1) is 0 Å². The Balaban J connectivity index is 1.27. The number of carbonyl (C=O) groups excluding carboxylic acids is 2. The van der Waals surface area contributed by atoms with Gasteiger partial charge in [0.05, 0.1) is 23.5 Å². The molecule has 0 saturated carbocycles. The van der Waals surface area contributed by atoms with E-state index in [2.05, 4.69) is 12.1 Å². The Bertz CT molecular complexity index is 2400. The first-order chi connectivity index (χ1) is 25.1. The number of phenolic OH excluding ortho intramolecular Hbond substituents is 1. The molecule has 0 radical (unpaired) electrons. The number of benzene rings is 4. The van der Waals surface area contributed by atoms with Crippen LogP contribution >= 0.6 is 11.6 Å². The Morgan fingerprint density at radius 3 is 2.35 bits per heavy atom. The van der Waals surface area contributed by atoms with Crippen molar-refractivity contribution in [2.45, 2.75) is 39.0 Å². The molecular weight excluding hydrogens is 678 g/mol. The minimum Gasteiger partial charge on any atom is -0.508 e. The lowest BCUT2D eigenvalue weighted by Gasteiger charge is -2.35. The molecule has 52 heavy (non-hydrogen) atoms. The summed E-state index contributed by atoms with van der Waals surface area (Å²) in [6.45, 7) is 2.96. The molecular formula is C41H36ClN5O5. The molecule has 4 heterocycles. The smallest absolute Gasteiger partial charge is 0.407 e. The number of anilines is 2. The van der Waals surface area contributed by atoms with Gasteiger partial charge in [-0.2, -0.15) is 0 Å². The van der Waals surface area contributed by atoms with Crippen LogP contribution in [0.3, 0.4) is 0 Å². The van der Waals surface area contributed by atoms with Gasteiger partial charge in [-0.1, -0.05) is 35.9 Å². The van der Waals surface area contributed by atoms with Crippen LogP contribution < -0.4 is 4.90 Å². The molecule has 0 fully saturated rings. The third-order valence-corrected chi connectivity index (χ3v) is 10.6. The van der Waals surface area contributed by atoms with Crippen LogP contribution in [0.4, 0.5) is 16.2 Å². The summed E-state index contributed by atoms with van der Waals surface area (Å²) in [5.74, 6) is -0.485. The highest BCUT2D eigenvalue weighted by molar-refractivity contribution is 6.31. The van der Waals surface area contributed by atoms with Crippen LogP contribution in [0.25, 0.3) is 22.2 Å². The van der Waals surface area contributed by atoms with Gasteiger partial charge in [0.2, 0.25) is 0 Å². The maximum atomic E-state index is 15.0. The first kappa shape index (κ1) is 33.2. The second-order valence-corrected chi connectivity index (χ2v) is 14.0.